The maximum atomic E-state index is 13.8. The van der Waals surface area contributed by atoms with Gasteiger partial charge in [-0.3, -0.25) is 19.2 Å². The fraction of sp³-hybridized carbons (Fsp3) is 0.321. The van der Waals surface area contributed by atoms with Crippen LogP contribution in [0.25, 0.3) is 0 Å². The van der Waals surface area contributed by atoms with Crippen LogP contribution in [0, 0.1) is 23.0 Å². The van der Waals surface area contributed by atoms with Gasteiger partial charge in [-0.2, -0.15) is 0 Å². The number of hydrogen-bond acceptors (Lipinski definition) is 7. The fourth-order valence-electron chi connectivity index (χ4n) is 4.09. The lowest BCUT2D eigenvalue weighted by Crippen LogP contribution is -2.42. The third-order valence-corrected chi connectivity index (χ3v) is 7.94. The molecule has 0 aliphatic heterocycles. The molecule has 1 N–H and O–H groups in total. The first-order chi connectivity index (χ1) is 18.5. The molecule has 3 rings (SSSR count). The highest BCUT2D eigenvalue weighted by molar-refractivity contribution is 7.92. The first-order valence-electron chi connectivity index (χ1n) is 12.3. The second kappa shape index (κ2) is 12.6. The lowest BCUT2D eigenvalue weighted by molar-refractivity contribution is -0.385. The molecule has 0 aromatic heterocycles. The molecule has 39 heavy (non-hydrogen) atoms. The molecule has 11 heteroatoms. The number of nitro groups is 1. The van der Waals surface area contributed by atoms with Crippen LogP contribution in [0.3, 0.4) is 0 Å². The second-order valence-electron chi connectivity index (χ2n) is 9.44. The topological polar surface area (TPSA) is 128 Å². The standard InChI is InChI=1S/C28H33N3O7S/c1-19(2)16-26(21-7-11-23(37-4)12-8-21)29-28(32)18-30(22-9-13-24(38-5)14-10-22)39(35,36)25-15-6-20(3)27(17-25)31(33)34/h6-15,17,19,26H,16,18H2,1-5H3,(H,29,32)/t26-/m0/s1. The van der Waals surface area contributed by atoms with Crippen LogP contribution in [-0.2, 0) is 14.8 Å². The van der Waals surface area contributed by atoms with E-state index in [2.05, 4.69) is 5.32 Å². The molecule has 0 spiro atoms. The van der Waals surface area contributed by atoms with E-state index >= 15 is 0 Å². The van der Waals surface area contributed by atoms with E-state index in [0.717, 1.165) is 15.9 Å². The third kappa shape index (κ3) is 7.26. The number of nitro benzene ring substituents is 1. The van der Waals surface area contributed by atoms with Crippen molar-refractivity contribution in [2.75, 3.05) is 25.1 Å². The number of hydrogen-bond donors (Lipinski definition) is 1. The number of carbonyl (C=O) groups excluding carboxylic acids is 1. The van der Waals surface area contributed by atoms with Crippen LogP contribution in [-0.4, -0.2) is 40.0 Å². The molecular formula is C28H33N3O7S. The smallest absolute Gasteiger partial charge is 0.273 e. The minimum Gasteiger partial charge on any atom is -0.497 e. The van der Waals surface area contributed by atoms with Gasteiger partial charge in [-0.25, -0.2) is 8.42 Å². The normalized spacial score (nSPS) is 12.1. The maximum absolute atomic E-state index is 13.8. The van der Waals surface area contributed by atoms with Crippen LogP contribution in [0.5, 0.6) is 11.5 Å². The molecule has 208 valence electrons. The predicted octanol–water partition coefficient (Wildman–Crippen LogP) is 5.02. The maximum Gasteiger partial charge on any atom is 0.273 e. The summed E-state index contributed by atoms with van der Waals surface area (Å²) in [7, 11) is -1.31. The number of amides is 1. The molecule has 0 saturated heterocycles. The molecule has 3 aromatic rings. The van der Waals surface area contributed by atoms with Gasteiger partial charge in [0.2, 0.25) is 5.91 Å². The Hall–Kier alpha value is -4.12. The fourth-order valence-corrected chi connectivity index (χ4v) is 5.54. The van der Waals surface area contributed by atoms with Crippen LogP contribution in [0.15, 0.2) is 71.6 Å². The molecule has 3 aromatic carbocycles. The van der Waals surface area contributed by atoms with Crippen LogP contribution in [0.4, 0.5) is 11.4 Å². The summed E-state index contributed by atoms with van der Waals surface area (Å²) in [5, 5.41) is 14.5. The number of sulfonamides is 1. The summed E-state index contributed by atoms with van der Waals surface area (Å²) in [6.45, 7) is 5.04. The van der Waals surface area contributed by atoms with Gasteiger partial charge in [0.05, 0.1) is 35.8 Å². The van der Waals surface area contributed by atoms with E-state index in [0.29, 0.717) is 23.5 Å². The Morgan fingerprint density at radius 2 is 1.54 bits per heavy atom. The van der Waals surface area contributed by atoms with Gasteiger partial charge in [0, 0.05) is 11.6 Å². The minimum atomic E-state index is -4.36. The average Bonchev–Trinajstić information content (AvgIpc) is 2.91. The summed E-state index contributed by atoms with van der Waals surface area (Å²) in [4.78, 5) is 23.9. The van der Waals surface area contributed by atoms with Gasteiger partial charge in [-0.1, -0.05) is 32.0 Å². The number of ether oxygens (including phenoxy) is 2. The van der Waals surface area contributed by atoms with Crippen molar-refractivity contribution in [1.29, 1.82) is 0 Å². The Morgan fingerprint density at radius 3 is 2.05 bits per heavy atom. The number of nitrogens with zero attached hydrogens (tertiary/aromatic N) is 2. The molecule has 0 bridgehead atoms. The zero-order valence-electron chi connectivity index (χ0n) is 22.6. The van der Waals surface area contributed by atoms with Crippen molar-refractivity contribution < 1.29 is 27.6 Å². The number of carbonyl (C=O) groups is 1. The van der Waals surface area contributed by atoms with E-state index in [-0.39, 0.29) is 28.2 Å². The van der Waals surface area contributed by atoms with Gasteiger partial charge < -0.3 is 14.8 Å². The summed E-state index contributed by atoms with van der Waals surface area (Å²) in [5.41, 5.74) is 1.06. The molecule has 0 radical (unpaired) electrons. The van der Waals surface area contributed by atoms with Crippen LogP contribution < -0.4 is 19.1 Å². The van der Waals surface area contributed by atoms with Gasteiger partial charge in [-0.05, 0) is 67.3 Å². The first-order valence-corrected chi connectivity index (χ1v) is 13.8. The quantitative estimate of drug-likeness (QED) is 0.245. The van der Waals surface area contributed by atoms with E-state index in [1.165, 1.54) is 38.3 Å². The molecule has 0 unspecified atom stereocenters. The Kier molecular flexibility index (Phi) is 9.52. The van der Waals surface area contributed by atoms with E-state index in [1.54, 1.807) is 31.4 Å². The Morgan fingerprint density at radius 1 is 0.974 bits per heavy atom. The second-order valence-corrected chi connectivity index (χ2v) is 11.3. The summed E-state index contributed by atoms with van der Waals surface area (Å²) in [6.07, 6.45) is 0.623. The van der Waals surface area contributed by atoms with Crippen LogP contribution in [0.2, 0.25) is 0 Å². The molecule has 0 fully saturated rings. The lowest BCUT2D eigenvalue weighted by Gasteiger charge is -2.27. The van der Waals surface area contributed by atoms with Gasteiger partial charge in [-0.15, -0.1) is 0 Å². The highest BCUT2D eigenvalue weighted by Gasteiger charge is 2.30. The number of methoxy groups -OCH3 is 2. The Labute approximate surface area is 228 Å². The van der Waals surface area contributed by atoms with Gasteiger partial charge >= 0.3 is 0 Å². The van der Waals surface area contributed by atoms with E-state index in [1.807, 2.05) is 26.0 Å². The number of anilines is 1. The summed E-state index contributed by atoms with van der Waals surface area (Å²) in [6, 6.07) is 16.8. The van der Waals surface area contributed by atoms with Crippen LogP contribution >= 0.6 is 0 Å². The van der Waals surface area contributed by atoms with E-state index in [4.69, 9.17) is 9.47 Å². The van der Waals surface area contributed by atoms with Gasteiger partial charge in [0.1, 0.15) is 18.0 Å². The lowest BCUT2D eigenvalue weighted by atomic mass is 9.97. The van der Waals surface area contributed by atoms with Crippen molar-refractivity contribution in [2.24, 2.45) is 5.92 Å². The van der Waals surface area contributed by atoms with Crippen molar-refractivity contribution in [1.82, 2.24) is 5.32 Å². The molecule has 1 atom stereocenters. The molecular weight excluding hydrogens is 522 g/mol. The highest BCUT2D eigenvalue weighted by atomic mass is 32.2. The molecule has 1 amide bonds. The van der Waals surface area contributed by atoms with Crippen molar-refractivity contribution >= 4 is 27.3 Å². The van der Waals surface area contributed by atoms with Crippen molar-refractivity contribution in [3.63, 3.8) is 0 Å². The van der Waals surface area contributed by atoms with E-state index in [9.17, 15) is 23.3 Å². The monoisotopic (exact) mass is 555 g/mol. The number of nitrogens with one attached hydrogen (secondary N) is 1. The molecule has 0 aliphatic rings. The molecule has 0 saturated carbocycles. The molecule has 10 nitrogen and oxygen atoms in total. The summed E-state index contributed by atoms with van der Waals surface area (Å²) < 4.78 is 38.9. The van der Waals surface area contributed by atoms with Crippen molar-refractivity contribution in [2.45, 2.75) is 38.1 Å². The van der Waals surface area contributed by atoms with Crippen molar-refractivity contribution in [3.8, 4) is 11.5 Å². The van der Waals surface area contributed by atoms with Crippen LogP contribution in [0.1, 0.15) is 37.4 Å². The van der Waals surface area contributed by atoms with Gasteiger partial charge in [0.15, 0.2) is 0 Å². The predicted molar refractivity (Wildman–Crippen MR) is 149 cm³/mol. The molecule has 0 aliphatic carbocycles. The SMILES string of the molecule is COc1ccc([C@H](CC(C)C)NC(=O)CN(c2ccc(OC)cc2)S(=O)(=O)c2ccc(C)c([N+](=O)[O-])c2)cc1. The zero-order valence-corrected chi connectivity index (χ0v) is 23.4. The largest absolute Gasteiger partial charge is 0.497 e. The Bertz CT molecular complexity index is 1410. The third-order valence-electron chi connectivity index (χ3n) is 6.17. The van der Waals surface area contributed by atoms with Crippen molar-refractivity contribution in [3.05, 3.63) is 88.0 Å². The van der Waals surface area contributed by atoms with E-state index < -0.39 is 27.4 Å². The number of aryl methyl sites for hydroxylation is 1. The van der Waals surface area contributed by atoms with Gasteiger partial charge in [0.25, 0.3) is 15.7 Å². The number of rotatable bonds is 12. The number of benzene rings is 3. The average molecular weight is 556 g/mol. The minimum absolute atomic E-state index is 0.207. The summed E-state index contributed by atoms with van der Waals surface area (Å²) >= 11 is 0. The first kappa shape index (κ1) is 29.4. The summed E-state index contributed by atoms with van der Waals surface area (Å²) in [5.74, 6) is 0.893. The molecule has 0 heterocycles. The zero-order chi connectivity index (χ0) is 28.7. The Balaban J connectivity index is 1.98. The highest BCUT2D eigenvalue weighted by Crippen LogP contribution is 2.30.